The molecular weight excluding hydrogens is 260 g/mol. The molecular formula is C15H13F2N3. The molecule has 0 saturated heterocycles. The van der Waals surface area contributed by atoms with E-state index < -0.39 is 6.43 Å². The van der Waals surface area contributed by atoms with Gasteiger partial charge in [0, 0.05) is 11.6 Å². The highest BCUT2D eigenvalue weighted by molar-refractivity contribution is 5.63. The molecule has 102 valence electrons. The van der Waals surface area contributed by atoms with Gasteiger partial charge in [-0.3, -0.25) is 0 Å². The summed E-state index contributed by atoms with van der Waals surface area (Å²) in [5.41, 5.74) is 3.44. The van der Waals surface area contributed by atoms with E-state index in [1.54, 1.807) is 13.0 Å². The van der Waals surface area contributed by atoms with E-state index in [0.29, 0.717) is 17.0 Å². The van der Waals surface area contributed by atoms with Gasteiger partial charge in [0.2, 0.25) is 0 Å². The molecule has 0 spiro atoms. The fourth-order valence-electron chi connectivity index (χ4n) is 2.14. The monoisotopic (exact) mass is 273 g/mol. The molecule has 1 aromatic carbocycles. The predicted molar refractivity (Wildman–Crippen MR) is 72.9 cm³/mol. The van der Waals surface area contributed by atoms with Gasteiger partial charge in [-0.1, -0.05) is 29.8 Å². The van der Waals surface area contributed by atoms with E-state index in [0.717, 1.165) is 11.1 Å². The van der Waals surface area contributed by atoms with Crippen molar-refractivity contribution in [3.05, 3.63) is 53.3 Å². The van der Waals surface area contributed by atoms with E-state index in [1.165, 1.54) is 10.6 Å². The Hall–Kier alpha value is -2.30. The van der Waals surface area contributed by atoms with Gasteiger partial charge >= 0.3 is 0 Å². The maximum absolute atomic E-state index is 13.2. The Bertz CT molecular complexity index is 761. The Kier molecular flexibility index (Phi) is 2.97. The normalized spacial score (nSPS) is 11.4. The van der Waals surface area contributed by atoms with Crippen molar-refractivity contribution in [2.45, 2.75) is 20.3 Å². The van der Waals surface area contributed by atoms with Crippen LogP contribution < -0.4 is 0 Å². The molecule has 0 radical (unpaired) electrons. The summed E-state index contributed by atoms with van der Waals surface area (Å²) in [4.78, 5) is 4.41. The Morgan fingerprint density at radius 2 is 1.75 bits per heavy atom. The summed E-state index contributed by atoms with van der Waals surface area (Å²) in [6.45, 7) is 3.74. The van der Waals surface area contributed by atoms with Crippen LogP contribution in [-0.2, 0) is 0 Å². The Labute approximate surface area is 114 Å². The number of aromatic nitrogens is 3. The van der Waals surface area contributed by atoms with Crippen LogP contribution >= 0.6 is 0 Å². The topological polar surface area (TPSA) is 30.2 Å². The molecule has 0 N–H and O–H groups in total. The van der Waals surface area contributed by atoms with Crippen molar-refractivity contribution in [3.63, 3.8) is 0 Å². The number of alkyl halides is 2. The van der Waals surface area contributed by atoms with Crippen LogP contribution in [0.25, 0.3) is 16.9 Å². The average molecular weight is 273 g/mol. The number of hydrogen-bond acceptors (Lipinski definition) is 2. The zero-order valence-corrected chi connectivity index (χ0v) is 11.1. The number of rotatable bonds is 2. The molecule has 3 nitrogen and oxygen atoms in total. The Balaban J connectivity index is 2.23. The first-order valence-electron chi connectivity index (χ1n) is 6.27. The lowest BCUT2D eigenvalue weighted by molar-refractivity contribution is 0.143. The van der Waals surface area contributed by atoms with E-state index >= 15 is 0 Å². The molecule has 0 unspecified atom stereocenters. The Morgan fingerprint density at radius 3 is 2.40 bits per heavy atom. The van der Waals surface area contributed by atoms with Gasteiger partial charge in [0.25, 0.3) is 6.43 Å². The smallest absolute Gasteiger partial charge is 0.229 e. The lowest BCUT2D eigenvalue weighted by Crippen LogP contribution is -2.02. The molecule has 3 rings (SSSR count). The van der Waals surface area contributed by atoms with Gasteiger partial charge < -0.3 is 0 Å². The van der Waals surface area contributed by atoms with Crippen molar-refractivity contribution in [1.29, 1.82) is 0 Å². The van der Waals surface area contributed by atoms with E-state index in [9.17, 15) is 8.78 Å². The van der Waals surface area contributed by atoms with Crippen molar-refractivity contribution in [2.24, 2.45) is 0 Å². The summed E-state index contributed by atoms with van der Waals surface area (Å²) in [5, 5.41) is 4.06. The fourth-order valence-corrected chi connectivity index (χ4v) is 2.14. The van der Waals surface area contributed by atoms with Crippen molar-refractivity contribution in [2.75, 3.05) is 0 Å². The molecule has 2 aromatic heterocycles. The highest BCUT2D eigenvalue weighted by atomic mass is 19.3. The van der Waals surface area contributed by atoms with Gasteiger partial charge in [-0.05, 0) is 19.9 Å². The van der Waals surface area contributed by atoms with Crippen LogP contribution in [0.2, 0.25) is 0 Å². The first kappa shape index (κ1) is 12.7. The summed E-state index contributed by atoms with van der Waals surface area (Å²) in [5.74, 6) is 0. The molecule has 5 heteroatoms. The molecule has 0 fully saturated rings. The standard InChI is InChI=1S/C15H13F2N3/c1-9-3-5-11(6-4-9)12-8-13(15(16)17)20-14(18-12)7-10(2)19-20/h3-8,15H,1-2H3. The number of halogens is 2. The average Bonchev–Trinajstić information content (AvgIpc) is 2.78. The first-order valence-corrected chi connectivity index (χ1v) is 6.27. The predicted octanol–water partition coefficient (Wildman–Crippen LogP) is 3.95. The second-order valence-electron chi connectivity index (χ2n) is 4.79. The van der Waals surface area contributed by atoms with Crippen LogP contribution in [0.15, 0.2) is 36.4 Å². The first-order chi connectivity index (χ1) is 9.54. The molecule has 0 aliphatic heterocycles. The van der Waals surface area contributed by atoms with Crippen molar-refractivity contribution in [1.82, 2.24) is 14.6 Å². The van der Waals surface area contributed by atoms with Crippen molar-refractivity contribution in [3.8, 4) is 11.3 Å². The third-order valence-electron chi connectivity index (χ3n) is 3.15. The third-order valence-corrected chi connectivity index (χ3v) is 3.15. The maximum Gasteiger partial charge on any atom is 0.280 e. The summed E-state index contributed by atoms with van der Waals surface area (Å²) < 4.78 is 27.6. The minimum Gasteiger partial charge on any atom is -0.229 e. The highest BCUT2D eigenvalue weighted by Crippen LogP contribution is 2.26. The van der Waals surface area contributed by atoms with Gasteiger partial charge in [0.05, 0.1) is 11.4 Å². The molecule has 0 aliphatic carbocycles. The number of aryl methyl sites for hydroxylation is 2. The van der Waals surface area contributed by atoms with Gasteiger partial charge in [0.1, 0.15) is 5.69 Å². The largest absolute Gasteiger partial charge is 0.280 e. The molecule has 2 heterocycles. The van der Waals surface area contributed by atoms with Gasteiger partial charge in [-0.15, -0.1) is 0 Å². The lowest BCUT2D eigenvalue weighted by Gasteiger charge is -2.07. The summed E-state index contributed by atoms with van der Waals surface area (Å²) >= 11 is 0. The van der Waals surface area contributed by atoms with Gasteiger partial charge in [-0.2, -0.15) is 5.10 Å². The SMILES string of the molecule is Cc1ccc(-c2cc(C(F)F)n3nc(C)cc3n2)cc1. The molecule has 3 aromatic rings. The Morgan fingerprint density at radius 1 is 1.05 bits per heavy atom. The quantitative estimate of drug-likeness (QED) is 0.707. The van der Waals surface area contributed by atoms with E-state index in [-0.39, 0.29) is 5.69 Å². The van der Waals surface area contributed by atoms with E-state index in [2.05, 4.69) is 10.1 Å². The van der Waals surface area contributed by atoms with Crippen LogP contribution in [-0.4, -0.2) is 14.6 Å². The molecule has 20 heavy (non-hydrogen) atoms. The number of nitrogens with zero attached hydrogens (tertiary/aromatic N) is 3. The molecule has 0 bridgehead atoms. The number of fused-ring (bicyclic) bond motifs is 1. The second kappa shape index (κ2) is 4.67. The molecule has 0 amide bonds. The lowest BCUT2D eigenvalue weighted by atomic mass is 10.1. The third kappa shape index (κ3) is 2.15. The summed E-state index contributed by atoms with van der Waals surface area (Å²) in [7, 11) is 0. The van der Waals surface area contributed by atoms with Crippen molar-refractivity contribution >= 4 is 5.65 Å². The minimum absolute atomic E-state index is 0.140. The minimum atomic E-state index is -2.59. The summed E-state index contributed by atoms with van der Waals surface area (Å²) in [6, 6.07) is 10.7. The van der Waals surface area contributed by atoms with Crippen LogP contribution in [0.3, 0.4) is 0 Å². The van der Waals surface area contributed by atoms with E-state index in [4.69, 9.17) is 0 Å². The molecule has 0 aliphatic rings. The van der Waals surface area contributed by atoms with Crippen molar-refractivity contribution < 1.29 is 8.78 Å². The van der Waals surface area contributed by atoms with Crippen LogP contribution in [0.4, 0.5) is 8.78 Å². The highest BCUT2D eigenvalue weighted by Gasteiger charge is 2.16. The van der Waals surface area contributed by atoms with Gasteiger partial charge in [0.15, 0.2) is 5.65 Å². The zero-order valence-electron chi connectivity index (χ0n) is 11.1. The van der Waals surface area contributed by atoms with E-state index in [1.807, 2.05) is 31.2 Å². The van der Waals surface area contributed by atoms with Crippen LogP contribution in [0, 0.1) is 13.8 Å². The fraction of sp³-hybridized carbons (Fsp3) is 0.200. The maximum atomic E-state index is 13.2. The molecule has 0 saturated carbocycles. The number of hydrogen-bond donors (Lipinski definition) is 0. The second-order valence-corrected chi connectivity index (χ2v) is 4.79. The zero-order chi connectivity index (χ0) is 14.3. The van der Waals surface area contributed by atoms with Crippen LogP contribution in [0.5, 0.6) is 0 Å². The molecule has 0 atom stereocenters. The van der Waals surface area contributed by atoms with Crippen LogP contribution in [0.1, 0.15) is 23.4 Å². The van der Waals surface area contributed by atoms with Gasteiger partial charge in [-0.25, -0.2) is 18.3 Å². The summed E-state index contributed by atoms with van der Waals surface area (Å²) in [6.07, 6.45) is -2.59. The number of benzene rings is 1.